The van der Waals surface area contributed by atoms with Crippen molar-refractivity contribution in [3.8, 4) is 0 Å². The molecule has 6 heteroatoms. The maximum Gasteiger partial charge on any atom is 0.129 e. The SMILES string of the molecule is NNC(c1sccc1Cl)c1c(F)cccc1Cl. The van der Waals surface area contributed by atoms with Gasteiger partial charge in [0.15, 0.2) is 0 Å². The van der Waals surface area contributed by atoms with E-state index in [4.69, 9.17) is 29.0 Å². The molecule has 1 aromatic carbocycles. The van der Waals surface area contributed by atoms with Gasteiger partial charge in [-0.3, -0.25) is 5.84 Å². The van der Waals surface area contributed by atoms with Gasteiger partial charge in [0.1, 0.15) is 5.82 Å². The smallest absolute Gasteiger partial charge is 0.129 e. The van der Waals surface area contributed by atoms with Crippen LogP contribution in [0.15, 0.2) is 29.6 Å². The van der Waals surface area contributed by atoms with Gasteiger partial charge in [0.25, 0.3) is 0 Å². The first-order valence-corrected chi connectivity index (χ1v) is 6.41. The van der Waals surface area contributed by atoms with E-state index < -0.39 is 11.9 Å². The van der Waals surface area contributed by atoms with E-state index in [0.29, 0.717) is 15.6 Å². The number of hydrogen-bond acceptors (Lipinski definition) is 3. The minimum Gasteiger partial charge on any atom is -0.271 e. The fourth-order valence-electron chi connectivity index (χ4n) is 1.59. The second kappa shape index (κ2) is 5.33. The van der Waals surface area contributed by atoms with Crippen molar-refractivity contribution < 1.29 is 4.39 Å². The Kier molecular flexibility index (Phi) is 4.01. The van der Waals surface area contributed by atoms with Crippen molar-refractivity contribution in [2.45, 2.75) is 6.04 Å². The third kappa shape index (κ3) is 2.46. The second-order valence-electron chi connectivity index (χ2n) is 3.37. The number of nitrogens with one attached hydrogen (secondary N) is 1. The van der Waals surface area contributed by atoms with E-state index in [-0.39, 0.29) is 0 Å². The van der Waals surface area contributed by atoms with Crippen LogP contribution in [0.1, 0.15) is 16.5 Å². The molecular weight excluding hydrogens is 282 g/mol. The Balaban J connectivity index is 2.53. The van der Waals surface area contributed by atoms with Gasteiger partial charge in [-0.2, -0.15) is 0 Å². The first-order valence-electron chi connectivity index (χ1n) is 4.78. The van der Waals surface area contributed by atoms with Gasteiger partial charge >= 0.3 is 0 Å². The topological polar surface area (TPSA) is 38.0 Å². The molecule has 2 nitrogen and oxygen atoms in total. The van der Waals surface area contributed by atoms with Crippen LogP contribution >= 0.6 is 34.5 Å². The van der Waals surface area contributed by atoms with Crippen molar-refractivity contribution >= 4 is 34.5 Å². The number of thiophene rings is 1. The van der Waals surface area contributed by atoms with Crippen LogP contribution < -0.4 is 11.3 Å². The van der Waals surface area contributed by atoms with E-state index in [2.05, 4.69) is 5.43 Å². The maximum absolute atomic E-state index is 13.8. The number of hydrazine groups is 1. The molecule has 3 N–H and O–H groups in total. The lowest BCUT2D eigenvalue weighted by molar-refractivity contribution is 0.564. The van der Waals surface area contributed by atoms with Crippen LogP contribution in [0.5, 0.6) is 0 Å². The summed E-state index contributed by atoms with van der Waals surface area (Å²) in [4.78, 5) is 0.737. The average molecular weight is 291 g/mol. The largest absolute Gasteiger partial charge is 0.271 e. The van der Waals surface area contributed by atoms with E-state index >= 15 is 0 Å². The molecule has 90 valence electrons. The van der Waals surface area contributed by atoms with Gasteiger partial charge < -0.3 is 0 Å². The first-order chi connectivity index (χ1) is 8.15. The second-order valence-corrected chi connectivity index (χ2v) is 5.13. The molecule has 0 aliphatic carbocycles. The Hall–Kier alpha value is -0.650. The van der Waals surface area contributed by atoms with Gasteiger partial charge in [-0.05, 0) is 23.6 Å². The molecule has 2 rings (SSSR count). The van der Waals surface area contributed by atoms with Gasteiger partial charge in [0.05, 0.1) is 11.1 Å². The van der Waals surface area contributed by atoms with Crippen LogP contribution in [0.2, 0.25) is 10.0 Å². The van der Waals surface area contributed by atoms with E-state index in [1.165, 1.54) is 17.4 Å². The highest BCUT2D eigenvalue weighted by atomic mass is 35.5. The number of halogens is 3. The minimum absolute atomic E-state index is 0.306. The lowest BCUT2D eigenvalue weighted by atomic mass is 10.1. The summed E-state index contributed by atoms with van der Waals surface area (Å²) in [6.07, 6.45) is 0. The summed E-state index contributed by atoms with van der Waals surface area (Å²) < 4.78 is 13.8. The van der Waals surface area contributed by atoms with Crippen LogP contribution in [0.3, 0.4) is 0 Å². The fraction of sp³-hybridized carbons (Fsp3) is 0.0909. The average Bonchev–Trinajstić information content (AvgIpc) is 2.70. The minimum atomic E-state index is -0.545. The molecule has 0 aliphatic heterocycles. The van der Waals surface area contributed by atoms with E-state index in [0.717, 1.165) is 4.88 Å². The highest BCUT2D eigenvalue weighted by molar-refractivity contribution is 7.10. The predicted molar refractivity (Wildman–Crippen MR) is 69.9 cm³/mol. The first kappa shape index (κ1) is 12.8. The van der Waals surface area contributed by atoms with Crippen molar-refractivity contribution in [2.24, 2.45) is 5.84 Å². The van der Waals surface area contributed by atoms with E-state index in [1.54, 1.807) is 18.2 Å². The van der Waals surface area contributed by atoms with Crippen molar-refractivity contribution in [3.63, 3.8) is 0 Å². The van der Waals surface area contributed by atoms with Gasteiger partial charge in [-0.25, -0.2) is 9.82 Å². The molecule has 0 saturated heterocycles. The van der Waals surface area contributed by atoms with Crippen LogP contribution in [-0.4, -0.2) is 0 Å². The quantitative estimate of drug-likeness (QED) is 0.667. The third-order valence-corrected chi connectivity index (χ3v) is 4.11. The molecule has 0 bridgehead atoms. The highest BCUT2D eigenvalue weighted by Crippen LogP contribution is 2.36. The number of rotatable bonds is 3. The molecule has 2 aromatic rings. The Bertz CT molecular complexity index is 510. The van der Waals surface area contributed by atoms with Crippen molar-refractivity contribution in [3.05, 3.63) is 55.9 Å². The Labute approximate surface area is 112 Å². The van der Waals surface area contributed by atoms with Crippen LogP contribution in [0.25, 0.3) is 0 Å². The molecule has 0 fully saturated rings. The van der Waals surface area contributed by atoms with Crippen molar-refractivity contribution in [2.75, 3.05) is 0 Å². The molecule has 1 aromatic heterocycles. The molecule has 0 radical (unpaired) electrons. The Morgan fingerprint density at radius 3 is 2.53 bits per heavy atom. The highest BCUT2D eigenvalue weighted by Gasteiger charge is 2.22. The molecule has 1 heterocycles. The molecule has 0 amide bonds. The molecule has 1 atom stereocenters. The standard InChI is InChI=1S/C11H9Cl2FN2S/c12-6-2-1-3-8(14)9(6)10(16-15)11-7(13)4-5-17-11/h1-5,10,16H,15H2. The fourth-order valence-corrected chi connectivity index (χ4v) is 3.09. The zero-order chi connectivity index (χ0) is 12.4. The monoisotopic (exact) mass is 290 g/mol. The summed E-state index contributed by atoms with van der Waals surface area (Å²) in [5.74, 6) is 5.06. The zero-order valence-corrected chi connectivity index (χ0v) is 10.9. The molecule has 0 saturated carbocycles. The summed E-state index contributed by atoms with van der Waals surface area (Å²) in [5.41, 5.74) is 2.85. The van der Waals surface area contributed by atoms with E-state index in [9.17, 15) is 4.39 Å². The van der Waals surface area contributed by atoms with Gasteiger partial charge in [-0.15, -0.1) is 11.3 Å². The molecule has 1 unspecified atom stereocenters. The van der Waals surface area contributed by atoms with Crippen LogP contribution in [0.4, 0.5) is 4.39 Å². The molecule has 0 spiro atoms. The Morgan fingerprint density at radius 1 is 1.24 bits per heavy atom. The zero-order valence-electron chi connectivity index (χ0n) is 8.58. The van der Waals surface area contributed by atoms with Gasteiger partial charge in [0, 0.05) is 15.5 Å². The molecular formula is C11H9Cl2FN2S. The summed E-state index contributed by atoms with van der Waals surface area (Å²) in [6.45, 7) is 0. The van der Waals surface area contributed by atoms with E-state index in [1.807, 2.05) is 5.38 Å². The lowest BCUT2D eigenvalue weighted by Gasteiger charge is -2.17. The summed E-state index contributed by atoms with van der Waals surface area (Å²) in [6, 6.07) is 5.70. The summed E-state index contributed by atoms with van der Waals surface area (Å²) in [5, 5.41) is 2.67. The van der Waals surface area contributed by atoms with Gasteiger partial charge in [-0.1, -0.05) is 29.3 Å². The summed E-state index contributed by atoms with van der Waals surface area (Å²) >= 11 is 13.4. The maximum atomic E-state index is 13.8. The number of benzene rings is 1. The van der Waals surface area contributed by atoms with Crippen LogP contribution in [0, 0.1) is 5.82 Å². The lowest BCUT2D eigenvalue weighted by Crippen LogP contribution is -2.29. The van der Waals surface area contributed by atoms with Gasteiger partial charge in [0.2, 0.25) is 0 Å². The molecule has 17 heavy (non-hydrogen) atoms. The predicted octanol–water partition coefficient (Wildman–Crippen LogP) is 3.75. The third-order valence-electron chi connectivity index (χ3n) is 2.36. The van der Waals surface area contributed by atoms with Crippen molar-refractivity contribution in [1.82, 2.24) is 5.43 Å². The number of nitrogens with two attached hydrogens (primary N) is 1. The Morgan fingerprint density at radius 2 is 2.00 bits per heavy atom. The normalized spacial score (nSPS) is 12.7. The molecule has 0 aliphatic rings. The van der Waals surface area contributed by atoms with Crippen LogP contribution in [-0.2, 0) is 0 Å². The number of hydrogen-bond donors (Lipinski definition) is 2. The van der Waals surface area contributed by atoms with Crippen molar-refractivity contribution in [1.29, 1.82) is 0 Å². The summed E-state index contributed by atoms with van der Waals surface area (Å²) in [7, 11) is 0.